The highest BCUT2D eigenvalue weighted by atomic mass is 19.1. The third kappa shape index (κ3) is 7.93. The van der Waals surface area contributed by atoms with Crippen LogP contribution in [0.3, 0.4) is 0 Å². The van der Waals surface area contributed by atoms with Gasteiger partial charge >= 0.3 is 5.97 Å². The van der Waals surface area contributed by atoms with Crippen LogP contribution >= 0.6 is 0 Å². The third-order valence-electron chi connectivity index (χ3n) is 6.07. The molecule has 3 N–H and O–H groups in total. The number of fused-ring (bicyclic) bond motifs is 1. The standard InChI is InChI=1S/C17H13FN2O4.C12H20N4O/c1-23-9-7-12(14(18)13(8-9)24-2)10-3-4-11(17(21)22)16-15(10)19-5-6-20-16;1-15(2)6-7-16(3)9-10-4-5-11(12(13)17)14-8-10/h3-8H,1-2H3,(H,21,22);4-5,8H,6-7,9H2,1-3H3,(H2,13,17). The molecule has 0 saturated carbocycles. The van der Waals surface area contributed by atoms with Crippen molar-refractivity contribution in [2.45, 2.75) is 6.54 Å². The average molecular weight is 565 g/mol. The maximum Gasteiger partial charge on any atom is 0.337 e. The van der Waals surface area contributed by atoms with Gasteiger partial charge in [0.15, 0.2) is 11.6 Å². The van der Waals surface area contributed by atoms with Crippen molar-refractivity contribution in [3.8, 4) is 22.6 Å². The van der Waals surface area contributed by atoms with E-state index in [9.17, 15) is 19.1 Å². The van der Waals surface area contributed by atoms with Crippen LogP contribution in [0.1, 0.15) is 26.4 Å². The van der Waals surface area contributed by atoms with Gasteiger partial charge < -0.3 is 30.1 Å². The van der Waals surface area contributed by atoms with E-state index in [-0.39, 0.29) is 27.9 Å². The number of pyridine rings is 1. The van der Waals surface area contributed by atoms with E-state index in [1.807, 2.05) is 6.07 Å². The Bertz CT molecular complexity index is 1510. The van der Waals surface area contributed by atoms with Crippen molar-refractivity contribution in [3.63, 3.8) is 0 Å². The zero-order valence-electron chi connectivity index (χ0n) is 23.6. The fourth-order valence-electron chi connectivity index (χ4n) is 3.91. The van der Waals surface area contributed by atoms with E-state index in [4.69, 9.17) is 15.2 Å². The normalized spacial score (nSPS) is 10.8. The largest absolute Gasteiger partial charge is 0.497 e. The second kappa shape index (κ2) is 14.1. The number of halogens is 1. The molecule has 216 valence electrons. The number of carbonyl (C=O) groups excluding carboxylic acids is 1. The lowest BCUT2D eigenvalue weighted by molar-refractivity contribution is 0.0698. The van der Waals surface area contributed by atoms with Crippen molar-refractivity contribution in [1.29, 1.82) is 0 Å². The molecule has 2 heterocycles. The molecule has 2 aromatic heterocycles. The van der Waals surface area contributed by atoms with Crippen molar-refractivity contribution >= 4 is 22.9 Å². The van der Waals surface area contributed by atoms with Gasteiger partial charge in [-0.05, 0) is 44.9 Å². The Labute approximate surface area is 237 Å². The highest BCUT2D eigenvalue weighted by molar-refractivity contribution is 6.05. The quantitative estimate of drug-likeness (QED) is 0.294. The van der Waals surface area contributed by atoms with Crippen LogP contribution in [-0.4, -0.2) is 90.2 Å². The average Bonchev–Trinajstić information content (AvgIpc) is 2.96. The molecule has 11 nitrogen and oxygen atoms in total. The predicted octanol–water partition coefficient (Wildman–Crippen LogP) is 3.33. The summed E-state index contributed by atoms with van der Waals surface area (Å²) in [5, 5.41) is 9.28. The van der Waals surface area contributed by atoms with E-state index in [0.29, 0.717) is 17.0 Å². The Balaban J connectivity index is 0.000000241. The molecule has 0 fully saturated rings. The number of benzene rings is 2. The number of hydrogen-bond acceptors (Lipinski definition) is 9. The number of aromatic nitrogens is 3. The van der Waals surface area contributed by atoms with Crippen molar-refractivity contribution in [3.05, 3.63) is 77.6 Å². The van der Waals surface area contributed by atoms with Gasteiger partial charge in [0.25, 0.3) is 5.91 Å². The SMILES string of the molecule is CN(C)CCN(C)Cc1ccc(C(N)=O)nc1.COc1cc(OC)c(F)c(-c2ccc(C(=O)O)c3nccnc23)c1. The molecule has 0 saturated heterocycles. The van der Waals surface area contributed by atoms with Crippen LogP contribution in [0.15, 0.2) is 55.0 Å². The van der Waals surface area contributed by atoms with Crippen LogP contribution < -0.4 is 15.2 Å². The molecule has 1 amide bonds. The van der Waals surface area contributed by atoms with Gasteiger partial charge in [0, 0.05) is 55.4 Å². The summed E-state index contributed by atoms with van der Waals surface area (Å²) in [7, 11) is 8.98. The highest BCUT2D eigenvalue weighted by Crippen LogP contribution is 2.37. The Morgan fingerprint density at radius 2 is 1.63 bits per heavy atom. The molecule has 4 aromatic rings. The lowest BCUT2D eigenvalue weighted by Gasteiger charge is -2.19. The maximum atomic E-state index is 14.7. The van der Waals surface area contributed by atoms with Gasteiger partial charge in [0.2, 0.25) is 0 Å². The van der Waals surface area contributed by atoms with Gasteiger partial charge in [-0.3, -0.25) is 19.7 Å². The van der Waals surface area contributed by atoms with Crippen molar-refractivity contribution in [2.24, 2.45) is 5.73 Å². The molecule has 4 rings (SSSR count). The van der Waals surface area contributed by atoms with E-state index in [1.54, 1.807) is 12.3 Å². The van der Waals surface area contributed by atoms with Gasteiger partial charge in [0.05, 0.1) is 25.3 Å². The first-order valence-electron chi connectivity index (χ1n) is 12.5. The highest BCUT2D eigenvalue weighted by Gasteiger charge is 2.19. The minimum absolute atomic E-state index is 0.00267. The van der Waals surface area contributed by atoms with Gasteiger partial charge in [-0.2, -0.15) is 0 Å². The van der Waals surface area contributed by atoms with Crippen molar-refractivity contribution in [2.75, 3.05) is 48.5 Å². The van der Waals surface area contributed by atoms with Gasteiger partial charge in [-0.1, -0.05) is 12.1 Å². The first kappa shape index (κ1) is 30.9. The molecule has 0 aliphatic carbocycles. The van der Waals surface area contributed by atoms with Crippen LogP contribution in [0.5, 0.6) is 11.5 Å². The zero-order chi connectivity index (χ0) is 30.1. The van der Waals surface area contributed by atoms with Crippen molar-refractivity contribution < 1.29 is 28.6 Å². The topological polar surface area (TPSA) is 144 Å². The third-order valence-corrected chi connectivity index (χ3v) is 6.07. The number of carbonyl (C=O) groups is 2. The Kier molecular flexibility index (Phi) is 10.6. The monoisotopic (exact) mass is 564 g/mol. The molecule has 2 aromatic carbocycles. The van der Waals surface area contributed by atoms with Crippen molar-refractivity contribution in [1.82, 2.24) is 24.8 Å². The van der Waals surface area contributed by atoms with Crippen LogP contribution in [-0.2, 0) is 6.54 Å². The number of aromatic carboxylic acids is 1. The maximum absolute atomic E-state index is 14.7. The second-order valence-electron chi connectivity index (χ2n) is 9.37. The number of nitrogens with two attached hydrogens (primary N) is 1. The molecule has 41 heavy (non-hydrogen) atoms. The molecule has 0 unspecified atom stereocenters. The number of carboxylic acids is 1. The van der Waals surface area contributed by atoms with Crippen LogP contribution in [0.4, 0.5) is 4.39 Å². The summed E-state index contributed by atoms with van der Waals surface area (Å²) in [6, 6.07) is 9.36. The number of rotatable bonds is 10. The fraction of sp³-hybridized carbons (Fsp3) is 0.276. The molecule has 0 bridgehead atoms. The first-order chi connectivity index (χ1) is 19.5. The summed E-state index contributed by atoms with van der Waals surface area (Å²) < 4.78 is 24.9. The van der Waals surface area contributed by atoms with Crippen LogP contribution in [0.25, 0.3) is 22.2 Å². The minimum atomic E-state index is -1.13. The summed E-state index contributed by atoms with van der Waals surface area (Å²) in [5.74, 6) is -1.78. The number of likely N-dealkylation sites (N-methyl/N-ethyl adjacent to an activating group) is 2. The molecule has 0 radical (unpaired) electrons. The van der Waals surface area contributed by atoms with E-state index in [1.165, 1.54) is 50.9 Å². The number of amides is 1. The van der Waals surface area contributed by atoms with Crippen LogP contribution in [0, 0.1) is 5.82 Å². The lowest BCUT2D eigenvalue weighted by atomic mass is 10.00. The fourth-order valence-corrected chi connectivity index (χ4v) is 3.91. The van der Waals surface area contributed by atoms with Gasteiger partial charge in [-0.15, -0.1) is 0 Å². The molecule has 0 aliphatic heterocycles. The number of ether oxygens (including phenoxy) is 2. The summed E-state index contributed by atoms with van der Waals surface area (Å²) in [6.45, 7) is 2.83. The minimum Gasteiger partial charge on any atom is -0.497 e. The van der Waals surface area contributed by atoms with E-state index < -0.39 is 17.7 Å². The Hall–Kier alpha value is -4.68. The summed E-state index contributed by atoms with van der Waals surface area (Å²) in [6.07, 6.45) is 4.51. The Morgan fingerprint density at radius 1 is 0.927 bits per heavy atom. The second-order valence-corrected chi connectivity index (χ2v) is 9.37. The smallest absolute Gasteiger partial charge is 0.337 e. The van der Waals surface area contributed by atoms with E-state index >= 15 is 0 Å². The van der Waals surface area contributed by atoms with E-state index in [2.05, 4.69) is 45.9 Å². The predicted molar refractivity (Wildman–Crippen MR) is 153 cm³/mol. The first-order valence-corrected chi connectivity index (χ1v) is 12.5. The van der Waals surface area contributed by atoms with Gasteiger partial charge in [0.1, 0.15) is 17.0 Å². The summed E-state index contributed by atoms with van der Waals surface area (Å²) in [4.78, 5) is 38.8. The molecule has 0 spiro atoms. The summed E-state index contributed by atoms with van der Waals surface area (Å²) in [5.41, 5.74) is 7.57. The molecular formula is C29H33FN6O5. The van der Waals surface area contributed by atoms with Crippen LogP contribution in [0.2, 0.25) is 0 Å². The van der Waals surface area contributed by atoms with E-state index in [0.717, 1.165) is 25.2 Å². The number of nitrogens with zero attached hydrogens (tertiary/aromatic N) is 5. The zero-order valence-corrected chi connectivity index (χ0v) is 23.6. The molecule has 0 aliphatic rings. The lowest BCUT2D eigenvalue weighted by Crippen LogP contribution is -2.28. The number of hydrogen-bond donors (Lipinski definition) is 2. The number of primary amides is 1. The molecule has 0 atom stereocenters. The Morgan fingerprint density at radius 3 is 2.20 bits per heavy atom. The number of carboxylic acid groups (broad SMARTS) is 1. The molecular weight excluding hydrogens is 531 g/mol. The number of methoxy groups -OCH3 is 2. The van der Waals surface area contributed by atoms with Gasteiger partial charge in [-0.25, -0.2) is 9.18 Å². The summed E-state index contributed by atoms with van der Waals surface area (Å²) >= 11 is 0. The molecule has 12 heteroatoms.